The average Bonchev–Trinajstić information content (AvgIpc) is 3.52. The monoisotopic (exact) mass is 577 g/mol. The largest absolute Gasteiger partial charge is 0.308 e. The molecule has 8 rings (SSSR count). The maximum atomic E-state index is 15.8. The van der Waals surface area contributed by atoms with Crippen LogP contribution in [0.25, 0.3) is 50.1 Å². The third-order valence-corrected chi connectivity index (χ3v) is 11.4. The van der Waals surface area contributed by atoms with Gasteiger partial charge in [0.25, 0.3) is 0 Å². The Morgan fingerprint density at radius 2 is 1.28 bits per heavy atom. The molecule has 0 amide bonds. The number of nitrogens with zero attached hydrogens (tertiary/aromatic N) is 2. The van der Waals surface area contributed by atoms with Gasteiger partial charge in [0.2, 0.25) is 0 Å². The summed E-state index contributed by atoms with van der Waals surface area (Å²) >= 11 is 0. The second kappa shape index (κ2) is 10.1. The minimum atomic E-state index is -3.32. The van der Waals surface area contributed by atoms with Gasteiger partial charge in [0.05, 0.1) is 28.9 Å². The van der Waals surface area contributed by atoms with Crippen LogP contribution in [0.2, 0.25) is 0 Å². The van der Waals surface area contributed by atoms with Gasteiger partial charge in [-0.3, -0.25) is 4.57 Å². The molecule has 206 valence electrons. The second-order valence-electron chi connectivity index (χ2n) is 10.6. The van der Waals surface area contributed by atoms with Crippen LogP contribution in [0.5, 0.6) is 0 Å². The topological polar surface area (TPSA) is 34.9 Å². The normalized spacial score (nSPS) is 17.0. The van der Waals surface area contributed by atoms with Crippen molar-refractivity contribution in [2.24, 2.45) is 0 Å². The predicted octanol–water partition coefficient (Wildman–Crippen LogP) is 8.54. The summed E-state index contributed by atoms with van der Waals surface area (Å²) in [6.45, 7) is 2.09. The lowest BCUT2D eigenvalue weighted by atomic mass is 9.98. The van der Waals surface area contributed by atoms with Gasteiger partial charge in [0.1, 0.15) is 5.82 Å². The van der Waals surface area contributed by atoms with E-state index < -0.39 is 13.2 Å². The Kier molecular flexibility index (Phi) is 4.88. The van der Waals surface area contributed by atoms with Crippen LogP contribution in [0.3, 0.4) is 0 Å². The van der Waals surface area contributed by atoms with Gasteiger partial charge in [0.15, 0.2) is 7.14 Å². The number of para-hydroxylation sites is 1. The molecule has 2 heterocycles. The highest BCUT2D eigenvalue weighted by atomic mass is 31.2. The Balaban J connectivity index is 1.26. The van der Waals surface area contributed by atoms with Crippen molar-refractivity contribution in [2.75, 3.05) is 0 Å². The summed E-state index contributed by atoms with van der Waals surface area (Å²) in [5.74, 6) is 0.928. The lowest BCUT2D eigenvalue weighted by Gasteiger charge is -2.31. The zero-order chi connectivity index (χ0) is 33.3. The van der Waals surface area contributed by atoms with Gasteiger partial charge in [-0.05, 0) is 51.6 Å². The summed E-state index contributed by atoms with van der Waals surface area (Å²) in [6, 6.07) is 35.8. The first-order valence-corrected chi connectivity index (χ1v) is 16.0. The molecule has 0 saturated carbocycles. The van der Waals surface area contributed by atoms with Crippen LogP contribution in [0.15, 0.2) is 145 Å². The van der Waals surface area contributed by atoms with Crippen LogP contribution in [0.1, 0.15) is 19.6 Å². The van der Waals surface area contributed by atoms with Crippen molar-refractivity contribution in [3.63, 3.8) is 0 Å². The maximum Gasteiger partial charge on any atom is 0.175 e. The molecule has 4 heteroatoms. The summed E-state index contributed by atoms with van der Waals surface area (Å²) in [7, 11) is -3.32. The Labute approximate surface area is 258 Å². The van der Waals surface area contributed by atoms with Gasteiger partial charge < -0.3 is 4.57 Å². The standard InChI is InChI=1S/C39H29N2OP/c1-2-37-40-34-26-25-33(31-23-21-30(22-24-31)29-19-17-28(18-20-29)27-11-5-3-6-12-27)39-38(34)41(37)35-15-9-10-16-36(35)43(39,42)32-13-7-4-8-14-32/h3-26H,2H2,1H3/i3D,5D,6D,11D,12D. The predicted molar refractivity (Wildman–Crippen MR) is 180 cm³/mol. The SMILES string of the molecule is [2H]c1c([2H])c([2H])c(-c2ccc(-c3ccc(-c4ccc5nc(CC)n6c5c4P(=O)(c4ccccc4)c4ccccc4-6)cc3)cc2)c([2H])c1[2H]. The van der Waals surface area contributed by atoms with Gasteiger partial charge in [-0.2, -0.15) is 0 Å². The van der Waals surface area contributed by atoms with E-state index in [1.54, 1.807) is 12.1 Å². The number of aryl methyl sites for hydroxylation is 1. The molecule has 1 atom stereocenters. The van der Waals surface area contributed by atoms with Crippen molar-refractivity contribution in [3.8, 4) is 39.1 Å². The van der Waals surface area contributed by atoms with E-state index in [4.69, 9.17) is 11.8 Å². The molecule has 1 aromatic heterocycles. The molecule has 0 fully saturated rings. The first kappa shape index (κ1) is 20.8. The van der Waals surface area contributed by atoms with Gasteiger partial charge in [-0.15, -0.1) is 0 Å². The highest BCUT2D eigenvalue weighted by molar-refractivity contribution is 7.86. The number of hydrogen-bond acceptors (Lipinski definition) is 2. The number of rotatable bonds is 5. The smallest absolute Gasteiger partial charge is 0.175 e. The Morgan fingerprint density at radius 1 is 0.674 bits per heavy atom. The van der Waals surface area contributed by atoms with Gasteiger partial charge in [0, 0.05) is 17.0 Å². The third kappa shape index (κ3) is 3.96. The van der Waals surface area contributed by atoms with Crippen LogP contribution < -0.4 is 15.9 Å². The van der Waals surface area contributed by atoms with Crippen molar-refractivity contribution >= 4 is 34.1 Å². The lowest BCUT2D eigenvalue weighted by molar-refractivity contribution is 0.592. The first-order chi connectivity index (χ1) is 23.2. The summed E-state index contributed by atoms with van der Waals surface area (Å²) < 4.78 is 58.6. The molecule has 7 aromatic rings. The molecule has 0 saturated heterocycles. The van der Waals surface area contributed by atoms with E-state index in [0.717, 1.165) is 67.1 Å². The molecular formula is C39H29N2OP. The van der Waals surface area contributed by atoms with Crippen LogP contribution in [-0.2, 0) is 11.0 Å². The summed E-state index contributed by atoms with van der Waals surface area (Å²) in [5.41, 5.74) is 7.08. The highest BCUT2D eigenvalue weighted by Crippen LogP contribution is 2.51. The van der Waals surface area contributed by atoms with E-state index in [2.05, 4.69) is 11.5 Å². The molecule has 43 heavy (non-hydrogen) atoms. The molecule has 1 unspecified atom stereocenters. The fourth-order valence-corrected chi connectivity index (χ4v) is 9.48. The van der Waals surface area contributed by atoms with Gasteiger partial charge in [-0.1, -0.05) is 134 Å². The number of imidazole rings is 1. The summed E-state index contributed by atoms with van der Waals surface area (Å²) in [6.07, 6.45) is 0.733. The number of hydrogen-bond donors (Lipinski definition) is 0. The van der Waals surface area contributed by atoms with E-state index in [0.29, 0.717) is 5.56 Å². The molecule has 6 aromatic carbocycles. The van der Waals surface area contributed by atoms with E-state index in [-0.39, 0.29) is 29.7 Å². The molecule has 0 spiro atoms. The van der Waals surface area contributed by atoms with E-state index >= 15 is 4.57 Å². The zero-order valence-electron chi connectivity index (χ0n) is 28.4. The molecule has 3 nitrogen and oxygen atoms in total. The van der Waals surface area contributed by atoms with Crippen molar-refractivity contribution in [1.29, 1.82) is 0 Å². The Hall–Kier alpha value is -4.98. The molecule has 0 bridgehead atoms. The van der Waals surface area contributed by atoms with Gasteiger partial charge >= 0.3 is 0 Å². The maximum absolute atomic E-state index is 15.8. The molecule has 0 radical (unpaired) electrons. The van der Waals surface area contributed by atoms with Crippen LogP contribution in [0, 0.1) is 0 Å². The number of fused-ring (bicyclic) bond motifs is 2. The second-order valence-corrected chi connectivity index (χ2v) is 13.3. The van der Waals surface area contributed by atoms with Crippen molar-refractivity contribution in [1.82, 2.24) is 9.55 Å². The molecule has 0 N–H and O–H groups in total. The fourth-order valence-electron chi connectivity index (χ4n) is 6.26. The van der Waals surface area contributed by atoms with Gasteiger partial charge in [-0.25, -0.2) is 4.98 Å². The first-order valence-electron chi connectivity index (χ1n) is 16.8. The van der Waals surface area contributed by atoms with Crippen molar-refractivity contribution in [2.45, 2.75) is 13.3 Å². The number of aromatic nitrogens is 2. The van der Waals surface area contributed by atoms with Crippen LogP contribution >= 0.6 is 7.14 Å². The van der Waals surface area contributed by atoms with Crippen LogP contribution in [0.4, 0.5) is 0 Å². The third-order valence-electron chi connectivity index (χ3n) is 8.28. The van der Waals surface area contributed by atoms with E-state index in [9.17, 15) is 0 Å². The average molecular weight is 578 g/mol. The molecule has 1 aliphatic rings. The van der Waals surface area contributed by atoms with Crippen molar-refractivity contribution < 1.29 is 11.4 Å². The van der Waals surface area contributed by atoms with Crippen molar-refractivity contribution in [3.05, 3.63) is 151 Å². The van der Waals surface area contributed by atoms with Crippen LogP contribution in [-0.4, -0.2) is 9.55 Å². The van der Waals surface area contributed by atoms with E-state index in [1.807, 2.05) is 103 Å². The highest BCUT2D eigenvalue weighted by Gasteiger charge is 2.41. The zero-order valence-corrected chi connectivity index (χ0v) is 24.3. The molecular weight excluding hydrogens is 543 g/mol. The summed E-state index contributed by atoms with van der Waals surface area (Å²) in [5, 5.41) is 2.39. The quantitative estimate of drug-likeness (QED) is 0.192. The molecule has 1 aliphatic heterocycles. The Morgan fingerprint density at radius 3 is 1.95 bits per heavy atom. The lowest BCUT2D eigenvalue weighted by Crippen LogP contribution is -2.34. The minimum absolute atomic E-state index is 0.183. The Bertz CT molecular complexity index is 2430. The fraction of sp³-hybridized carbons (Fsp3) is 0.0513. The molecule has 0 aliphatic carbocycles. The van der Waals surface area contributed by atoms with E-state index in [1.165, 1.54) is 0 Å². The summed E-state index contributed by atoms with van der Waals surface area (Å²) in [4.78, 5) is 4.99. The minimum Gasteiger partial charge on any atom is -0.308 e. The number of benzene rings is 6.